The Morgan fingerprint density at radius 3 is 2.77 bits per heavy atom. The molecule has 0 bridgehead atoms. The van der Waals surface area contributed by atoms with Crippen molar-refractivity contribution in [3.05, 3.63) is 24.5 Å². The van der Waals surface area contributed by atoms with Crippen LogP contribution in [0.1, 0.15) is 0 Å². The third kappa shape index (κ3) is 1.42. The highest BCUT2D eigenvalue weighted by Gasteiger charge is 2.06. The topological polar surface area (TPSA) is 48.4 Å². The van der Waals surface area contributed by atoms with Gasteiger partial charge in [0.1, 0.15) is 0 Å². The molecule has 1 aromatic heterocycles. The molecular formula is C9H10ClNO2. The quantitative estimate of drug-likeness (QED) is 0.718. The van der Waals surface area contributed by atoms with Crippen molar-refractivity contribution in [2.45, 2.75) is 0 Å². The van der Waals surface area contributed by atoms with Crippen molar-refractivity contribution in [2.75, 3.05) is 12.8 Å². The fourth-order valence-corrected chi connectivity index (χ4v) is 1.22. The minimum atomic E-state index is 0. The highest BCUT2D eigenvalue weighted by atomic mass is 35.5. The Morgan fingerprint density at radius 2 is 2.08 bits per heavy atom. The molecule has 0 saturated heterocycles. The van der Waals surface area contributed by atoms with Crippen LogP contribution in [0, 0.1) is 0 Å². The lowest BCUT2D eigenvalue weighted by molar-refractivity contribution is 0.410. The molecule has 0 spiro atoms. The molecule has 3 nitrogen and oxygen atoms in total. The molecule has 2 aromatic rings. The number of furan rings is 1. The standard InChI is InChI=1S/C9H9NO2.ClH/c1-11-8-3-2-7(10)6-4-5-12-9(6)8;/h2-5H,10H2,1H3;1H. The van der Waals surface area contributed by atoms with E-state index in [0.717, 1.165) is 5.39 Å². The predicted octanol–water partition coefficient (Wildman–Crippen LogP) is 2.45. The largest absolute Gasteiger partial charge is 0.493 e. The van der Waals surface area contributed by atoms with E-state index in [1.807, 2.05) is 6.07 Å². The average molecular weight is 200 g/mol. The molecule has 0 atom stereocenters. The van der Waals surface area contributed by atoms with Crippen LogP contribution < -0.4 is 10.5 Å². The first-order valence-electron chi connectivity index (χ1n) is 3.62. The van der Waals surface area contributed by atoms with Gasteiger partial charge in [0, 0.05) is 11.1 Å². The summed E-state index contributed by atoms with van der Waals surface area (Å²) in [6, 6.07) is 5.42. The molecule has 0 radical (unpaired) electrons. The van der Waals surface area contributed by atoms with Crippen LogP contribution in [0.15, 0.2) is 28.9 Å². The van der Waals surface area contributed by atoms with Gasteiger partial charge < -0.3 is 14.9 Å². The number of benzene rings is 1. The van der Waals surface area contributed by atoms with E-state index in [4.69, 9.17) is 14.9 Å². The molecule has 4 heteroatoms. The minimum Gasteiger partial charge on any atom is -0.493 e. The van der Waals surface area contributed by atoms with Gasteiger partial charge in [-0.05, 0) is 18.2 Å². The van der Waals surface area contributed by atoms with Crippen molar-refractivity contribution in [3.8, 4) is 5.75 Å². The Kier molecular flexibility index (Phi) is 2.68. The smallest absolute Gasteiger partial charge is 0.177 e. The maximum absolute atomic E-state index is 5.71. The zero-order chi connectivity index (χ0) is 8.55. The number of hydrogen-bond acceptors (Lipinski definition) is 3. The molecule has 0 unspecified atom stereocenters. The van der Waals surface area contributed by atoms with Gasteiger partial charge in [0.2, 0.25) is 0 Å². The summed E-state index contributed by atoms with van der Waals surface area (Å²) in [6.07, 6.45) is 1.60. The molecule has 13 heavy (non-hydrogen) atoms. The van der Waals surface area contributed by atoms with E-state index < -0.39 is 0 Å². The summed E-state index contributed by atoms with van der Waals surface area (Å²) < 4.78 is 10.3. The Morgan fingerprint density at radius 1 is 1.31 bits per heavy atom. The summed E-state index contributed by atoms with van der Waals surface area (Å²) in [6.45, 7) is 0. The van der Waals surface area contributed by atoms with Crippen molar-refractivity contribution in [1.82, 2.24) is 0 Å². The van der Waals surface area contributed by atoms with Crippen molar-refractivity contribution < 1.29 is 9.15 Å². The number of nitrogens with two attached hydrogens (primary N) is 1. The molecule has 2 N–H and O–H groups in total. The molecule has 0 aliphatic heterocycles. The number of methoxy groups -OCH3 is 1. The van der Waals surface area contributed by atoms with Gasteiger partial charge in [-0.3, -0.25) is 0 Å². The monoisotopic (exact) mass is 199 g/mol. The lowest BCUT2D eigenvalue weighted by Crippen LogP contribution is -1.87. The fraction of sp³-hybridized carbons (Fsp3) is 0.111. The van der Waals surface area contributed by atoms with E-state index in [2.05, 4.69) is 0 Å². The van der Waals surface area contributed by atoms with Crippen LogP contribution in [0.2, 0.25) is 0 Å². The summed E-state index contributed by atoms with van der Waals surface area (Å²) in [5.74, 6) is 0.712. The second-order valence-corrected chi connectivity index (χ2v) is 2.52. The predicted molar refractivity (Wildman–Crippen MR) is 54.4 cm³/mol. The molecular weight excluding hydrogens is 190 g/mol. The zero-order valence-electron chi connectivity index (χ0n) is 7.11. The van der Waals surface area contributed by atoms with Gasteiger partial charge in [-0.1, -0.05) is 0 Å². The van der Waals surface area contributed by atoms with Crippen LogP contribution in [0.3, 0.4) is 0 Å². The van der Waals surface area contributed by atoms with Crippen molar-refractivity contribution in [2.24, 2.45) is 0 Å². The molecule has 0 aliphatic rings. The van der Waals surface area contributed by atoms with Crippen molar-refractivity contribution in [1.29, 1.82) is 0 Å². The number of hydrogen-bond donors (Lipinski definition) is 1. The van der Waals surface area contributed by atoms with Crippen LogP contribution in [0.4, 0.5) is 5.69 Å². The molecule has 70 valence electrons. The molecule has 1 aromatic carbocycles. The minimum absolute atomic E-state index is 0. The number of halogens is 1. The van der Waals surface area contributed by atoms with Crippen LogP contribution >= 0.6 is 12.4 Å². The van der Waals surface area contributed by atoms with Gasteiger partial charge in [0.05, 0.1) is 13.4 Å². The summed E-state index contributed by atoms with van der Waals surface area (Å²) in [7, 11) is 1.60. The number of rotatable bonds is 1. The third-order valence-corrected chi connectivity index (χ3v) is 1.83. The van der Waals surface area contributed by atoms with Crippen molar-refractivity contribution >= 4 is 29.1 Å². The fourth-order valence-electron chi connectivity index (χ4n) is 1.22. The van der Waals surface area contributed by atoms with E-state index in [1.54, 1.807) is 25.5 Å². The highest BCUT2D eigenvalue weighted by molar-refractivity contribution is 5.93. The van der Waals surface area contributed by atoms with Crippen LogP contribution in [-0.2, 0) is 0 Å². The Labute approximate surface area is 81.9 Å². The van der Waals surface area contributed by atoms with E-state index >= 15 is 0 Å². The number of ether oxygens (including phenoxy) is 1. The highest BCUT2D eigenvalue weighted by Crippen LogP contribution is 2.30. The Hall–Kier alpha value is -1.35. The molecule has 0 aliphatic carbocycles. The lowest BCUT2D eigenvalue weighted by Gasteiger charge is -2.01. The van der Waals surface area contributed by atoms with Gasteiger partial charge in [-0.15, -0.1) is 12.4 Å². The molecule has 1 heterocycles. The number of nitrogen functional groups attached to an aromatic ring is 1. The van der Waals surface area contributed by atoms with Crippen LogP contribution in [0.25, 0.3) is 11.0 Å². The summed E-state index contributed by atoms with van der Waals surface area (Å²) in [4.78, 5) is 0. The molecule has 2 rings (SSSR count). The molecule has 0 amide bonds. The third-order valence-electron chi connectivity index (χ3n) is 1.83. The summed E-state index contributed by atoms with van der Waals surface area (Å²) in [5, 5.41) is 0.898. The van der Waals surface area contributed by atoms with E-state index in [-0.39, 0.29) is 12.4 Å². The summed E-state index contributed by atoms with van der Waals surface area (Å²) >= 11 is 0. The Balaban J connectivity index is 0.000000845. The van der Waals surface area contributed by atoms with Gasteiger partial charge >= 0.3 is 0 Å². The number of fused-ring (bicyclic) bond motifs is 1. The zero-order valence-corrected chi connectivity index (χ0v) is 7.93. The van der Waals surface area contributed by atoms with Gasteiger partial charge in [0.15, 0.2) is 11.3 Å². The van der Waals surface area contributed by atoms with E-state index in [9.17, 15) is 0 Å². The first-order chi connectivity index (χ1) is 5.83. The Bertz CT molecular complexity index is 411. The normalized spacial score (nSPS) is 9.62. The van der Waals surface area contributed by atoms with Gasteiger partial charge in [-0.25, -0.2) is 0 Å². The maximum Gasteiger partial charge on any atom is 0.177 e. The van der Waals surface area contributed by atoms with E-state index in [0.29, 0.717) is 17.0 Å². The van der Waals surface area contributed by atoms with Crippen molar-refractivity contribution in [3.63, 3.8) is 0 Å². The summed E-state index contributed by atoms with van der Waals surface area (Å²) in [5.41, 5.74) is 7.12. The van der Waals surface area contributed by atoms with E-state index in [1.165, 1.54) is 0 Å². The second-order valence-electron chi connectivity index (χ2n) is 2.52. The lowest BCUT2D eigenvalue weighted by atomic mass is 10.2. The second kappa shape index (κ2) is 3.58. The maximum atomic E-state index is 5.71. The average Bonchev–Trinajstić information content (AvgIpc) is 2.54. The van der Waals surface area contributed by atoms with Gasteiger partial charge in [-0.2, -0.15) is 0 Å². The molecule has 0 saturated carbocycles. The van der Waals surface area contributed by atoms with Crippen LogP contribution in [0.5, 0.6) is 5.75 Å². The molecule has 0 fully saturated rings. The first-order valence-corrected chi connectivity index (χ1v) is 3.62. The van der Waals surface area contributed by atoms with Crippen LogP contribution in [-0.4, -0.2) is 7.11 Å². The SMILES string of the molecule is COc1ccc(N)c2ccoc12.Cl. The van der Waals surface area contributed by atoms with Gasteiger partial charge in [0.25, 0.3) is 0 Å². The number of anilines is 1. The first kappa shape index (κ1) is 9.74.